The zero-order valence-electron chi connectivity index (χ0n) is 21.6. The van der Waals surface area contributed by atoms with Crippen LogP contribution in [0.5, 0.6) is 0 Å². The van der Waals surface area contributed by atoms with Crippen molar-refractivity contribution < 1.29 is 19.1 Å². The smallest absolute Gasteiger partial charge is 0.408 e. The fourth-order valence-corrected chi connectivity index (χ4v) is 4.90. The van der Waals surface area contributed by atoms with Gasteiger partial charge in [0.2, 0.25) is 11.8 Å². The van der Waals surface area contributed by atoms with Crippen LogP contribution in [0.15, 0.2) is 18.2 Å². The van der Waals surface area contributed by atoms with Crippen molar-refractivity contribution in [2.24, 2.45) is 5.92 Å². The predicted octanol–water partition coefficient (Wildman–Crippen LogP) is 4.56. The molecule has 3 atom stereocenters. The number of carbonyl (C=O) groups is 3. The van der Waals surface area contributed by atoms with Gasteiger partial charge in [0.15, 0.2) is 0 Å². The number of aryl methyl sites for hydroxylation is 2. The molecule has 0 saturated heterocycles. The number of carbonyl (C=O) groups excluding carboxylic acids is 3. The fraction of sp³-hybridized carbons (Fsp3) is 0.667. The summed E-state index contributed by atoms with van der Waals surface area (Å²) >= 11 is 0. The average molecular weight is 472 g/mol. The van der Waals surface area contributed by atoms with Crippen LogP contribution in [0.4, 0.5) is 4.79 Å². The Kier molecular flexibility index (Phi) is 8.26. The quantitative estimate of drug-likeness (QED) is 0.610. The molecule has 7 nitrogen and oxygen atoms in total. The maximum Gasteiger partial charge on any atom is 0.408 e. The summed E-state index contributed by atoms with van der Waals surface area (Å²) in [6, 6.07) is 5.43. The lowest BCUT2D eigenvalue weighted by molar-refractivity contribution is -0.141. The molecule has 2 saturated carbocycles. The van der Waals surface area contributed by atoms with Gasteiger partial charge in [-0.05, 0) is 65.4 Å². The number of nitrogens with one attached hydrogen (secondary N) is 2. The van der Waals surface area contributed by atoms with Gasteiger partial charge in [0, 0.05) is 12.1 Å². The van der Waals surface area contributed by atoms with Crippen LogP contribution in [-0.4, -0.2) is 47.0 Å². The summed E-state index contributed by atoms with van der Waals surface area (Å²) < 4.78 is 5.29. The van der Waals surface area contributed by atoms with Crippen molar-refractivity contribution in [1.29, 1.82) is 0 Å². The molecule has 2 aliphatic rings. The molecule has 0 heterocycles. The molecule has 0 aliphatic heterocycles. The third-order valence-corrected chi connectivity index (χ3v) is 6.53. The average Bonchev–Trinajstić information content (AvgIpc) is 3.44. The zero-order chi connectivity index (χ0) is 25.0. The summed E-state index contributed by atoms with van der Waals surface area (Å²) in [4.78, 5) is 41.1. The minimum absolute atomic E-state index is 0.0316. The van der Waals surface area contributed by atoms with Gasteiger partial charge >= 0.3 is 6.09 Å². The third kappa shape index (κ3) is 7.21. The summed E-state index contributed by atoms with van der Waals surface area (Å²) in [5, 5.41) is 5.82. The van der Waals surface area contributed by atoms with E-state index >= 15 is 0 Å². The number of rotatable bonds is 7. The monoisotopic (exact) mass is 471 g/mol. The molecular formula is C27H41N3O4. The molecule has 0 aromatic heterocycles. The van der Waals surface area contributed by atoms with E-state index in [0.717, 1.165) is 48.8 Å². The van der Waals surface area contributed by atoms with E-state index in [2.05, 4.69) is 23.6 Å². The second-order valence-electron chi connectivity index (χ2n) is 11.1. The van der Waals surface area contributed by atoms with Crippen molar-refractivity contribution in [2.75, 3.05) is 6.54 Å². The van der Waals surface area contributed by atoms with Crippen LogP contribution in [-0.2, 0) is 14.3 Å². The van der Waals surface area contributed by atoms with Gasteiger partial charge in [-0.1, -0.05) is 55.5 Å². The van der Waals surface area contributed by atoms with Crippen LogP contribution in [0.1, 0.15) is 89.0 Å². The van der Waals surface area contributed by atoms with E-state index in [9.17, 15) is 14.4 Å². The van der Waals surface area contributed by atoms with Crippen LogP contribution in [0.25, 0.3) is 0 Å². The summed E-state index contributed by atoms with van der Waals surface area (Å²) in [7, 11) is 0. The van der Waals surface area contributed by atoms with E-state index < -0.39 is 17.7 Å². The molecule has 7 heteroatoms. The predicted molar refractivity (Wildman–Crippen MR) is 132 cm³/mol. The normalized spacial score (nSPS) is 21.4. The van der Waals surface area contributed by atoms with Gasteiger partial charge in [-0.15, -0.1) is 0 Å². The van der Waals surface area contributed by atoms with E-state index in [-0.39, 0.29) is 30.4 Å². The van der Waals surface area contributed by atoms with Crippen molar-refractivity contribution in [1.82, 2.24) is 15.5 Å². The van der Waals surface area contributed by atoms with Crippen molar-refractivity contribution >= 4 is 17.9 Å². The molecule has 3 unspecified atom stereocenters. The largest absolute Gasteiger partial charge is 0.444 e. The number of hydrogen-bond donors (Lipinski definition) is 2. The summed E-state index contributed by atoms with van der Waals surface area (Å²) in [5.41, 5.74) is 2.26. The van der Waals surface area contributed by atoms with Gasteiger partial charge in [-0.2, -0.15) is 0 Å². The van der Waals surface area contributed by atoms with E-state index in [1.54, 1.807) is 25.7 Å². The lowest BCUT2D eigenvalue weighted by atomic mass is 9.94. The highest BCUT2D eigenvalue weighted by Gasteiger charge is 2.46. The van der Waals surface area contributed by atoms with Gasteiger partial charge in [0.05, 0.1) is 0 Å². The molecule has 3 amide bonds. The topological polar surface area (TPSA) is 87.7 Å². The number of alkyl carbamates (subject to hydrolysis) is 1. The van der Waals surface area contributed by atoms with E-state index in [1.807, 2.05) is 26.0 Å². The minimum atomic E-state index is -0.733. The van der Waals surface area contributed by atoms with E-state index in [1.165, 1.54) is 6.42 Å². The van der Waals surface area contributed by atoms with E-state index in [0.29, 0.717) is 5.92 Å². The van der Waals surface area contributed by atoms with Gasteiger partial charge in [0.1, 0.15) is 18.2 Å². The van der Waals surface area contributed by atoms with Crippen LogP contribution < -0.4 is 10.6 Å². The Morgan fingerprint density at radius 3 is 2.18 bits per heavy atom. The Labute approximate surface area is 204 Å². The molecule has 3 rings (SSSR count). The Balaban J connectivity index is 1.86. The Morgan fingerprint density at radius 2 is 1.65 bits per heavy atom. The minimum Gasteiger partial charge on any atom is -0.444 e. The van der Waals surface area contributed by atoms with Crippen LogP contribution >= 0.6 is 0 Å². The zero-order valence-corrected chi connectivity index (χ0v) is 21.6. The van der Waals surface area contributed by atoms with Crippen LogP contribution in [0, 0.1) is 19.8 Å². The summed E-state index contributed by atoms with van der Waals surface area (Å²) in [6.45, 7) is 11.2. The maximum atomic E-state index is 13.7. The lowest BCUT2D eigenvalue weighted by Crippen LogP contribution is -2.50. The highest BCUT2D eigenvalue weighted by molar-refractivity contribution is 5.91. The third-order valence-electron chi connectivity index (χ3n) is 6.53. The molecule has 1 aromatic rings. The maximum absolute atomic E-state index is 13.7. The van der Waals surface area contributed by atoms with Gasteiger partial charge in [0.25, 0.3) is 0 Å². The molecule has 2 aliphatic carbocycles. The van der Waals surface area contributed by atoms with Crippen molar-refractivity contribution in [3.05, 3.63) is 34.9 Å². The second-order valence-corrected chi connectivity index (χ2v) is 11.1. The SMILES string of the molecule is Cc1cc(C)cc(C(C(=O)NC2CCCCC2)N(C(=O)CNC(=O)OC(C)(C)C)C2CC2C)c1. The van der Waals surface area contributed by atoms with Gasteiger partial charge in [-0.25, -0.2) is 4.79 Å². The summed E-state index contributed by atoms with van der Waals surface area (Å²) in [6.07, 6.45) is 5.57. The first kappa shape index (κ1) is 26.0. The number of ether oxygens (including phenoxy) is 1. The van der Waals surface area contributed by atoms with Gasteiger partial charge < -0.3 is 20.3 Å². The lowest BCUT2D eigenvalue weighted by Gasteiger charge is -2.34. The Bertz CT molecular complexity index is 881. The molecule has 34 heavy (non-hydrogen) atoms. The molecule has 2 N–H and O–H groups in total. The first-order valence-electron chi connectivity index (χ1n) is 12.6. The number of hydrogen-bond acceptors (Lipinski definition) is 4. The van der Waals surface area contributed by atoms with Gasteiger partial charge in [-0.3, -0.25) is 9.59 Å². The number of amides is 3. The number of benzene rings is 1. The first-order chi connectivity index (χ1) is 15.9. The second kappa shape index (κ2) is 10.8. The Morgan fingerprint density at radius 1 is 1.06 bits per heavy atom. The van der Waals surface area contributed by atoms with Crippen molar-refractivity contribution in [3.63, 3.8) is 0 Å². The van der Waals surface area contributed by atoms with Crippen molar-refractivity contribution in [2.45, 2.75) is 104 Å². The molecule has 188 valence electrons. The highest BCUT2D eigenvalue weighted by atomic mass is 16.6. The highest BCUT2D eigenvalue weighted by Crippen LogP contribution is 2.40. The molecule has 2 fully saturated rings. The number of nitrogens with zero attached hydrogens (tertiary/aromatic N) is 1. The molecular weight excluding hydrogens is 430 g/mol. The van der Waals surface area contributed by atoms with E-state index in [4.69, 9.17) is 4.74 Å². The molecule has 0 spiro atoms. The first-order valence-corrected chi connectivity index (χ1v) is 12.6. The van der Waals surface area contributed by atoms with Crippen LogP contribution in [0.3, 0.4) is 0 Å². The fourth-order valence-electron chi connectivity index (χ4n) is 4.90. The standard InChI is InChI=1S/C27H41N3O4/c1-17-12-18(2)14-20(13-17)24(25(32)29-21-10-8-7-9-11-21)30(22-15-19(22)3)23(31)16-28-26(33)34-27(4,5)6/h12-14,19,21-22,24H,7-11,15-16H2,1-6H3,(H,28,33)(H,29,32). The Hall–Kier alpha value is -2.57. The molecule has 0 bridgehead atoms. The summed E-state index contributed by atoms with van der Waals surface area (Å²) in [5.74, 6) is -0.105. The molecule has 0 radical (unpaired) electrons. The van der Waals surface area contributed by atoms with Crippen LogP contribution in [0.2, 0.25) is 0 Å². The van der Waals surface area contributed by atoms with Crippen molar-refractivity contribution in [3.8, 4) is 0 Å². The molecule has 1 aromatic carbocycles.